The summed E-state index contributed by atoms with van der Waals surface area (Å²) in [5, 5.41) is 0. The molecular weight excluding hydrogens is 319 g/mol. The van der Waals surface area contributed by atoms with E-state index in [9.17, 15) is 0 Å². The van der Waals surface area contributed by atoms with Crippen molar-refractivity contribution in [2.24, 2.45) is 47.3 Å². The highest BCUT2D eigenvalue weighted by Crippen LogP contribution is 2.45. The van der Waals surface area contributed by atoms with Gasteiger partial charge in [0.1, 0.15) is 0 Å². The predicted molar refractivity (Wildman–Crippen MR) is 119 cm³/mol. The van der Waals surface area contributed by atoms with Crippen molar-refractivity contribution in [3.63, 3.8) is 0 Å². The van der Waals surface area contributed by atoms with Gasteiger partial charge in [-0.05, 0) is 72.8 Å². The summed E-state index contributed by atoms with van der Waals surface area (Å²) in [5.74, 6) is 7.31. The Bertz CT molecular complexity index is 339. The zero-order chi connectivity index (χ0) is 19.0. The molecule has 0 heterocycles. The fourth-order valence-electron chi connectivity index (χ4n) is 5.87. The zero-order valence-corrected chi connectivity index (χ0v) is 19.7. The third-order valence-corrected chi connectivity index (χ3v) is 8.37. The Balaban J connectivity index is 3.03. The van der Waals surface area contributed by atoms with Gasteiger partial charge in [0.15, 0.2) is 0 Å². The topological polar surface area (TPSA) is 0 Å². The monoisotopic (exact) mass is 368 g/mol. The third-order valence-electron chi connectivity index (χ3n) is 7.56. The summed E-state index contributed by atoms with van der Waals surface area (Å²) >= 11 is 0. The van der Waals surface area contributed by atoms with Gasteiger partial charge < -0.3 is 0 Å². The third kappa shape index (κ3) is 7.52. The van der Waals surface area contributed by atoms with Gasteiger partial charge in [-0.1, -0.05) is 80.6 Å². The van der Waals surface area contributed by atoms with Crippen LogP contribution in [-0.2, 0) is 0 Å². The van der Waals surface area contributed by atoms with Gasteiger partial charge in [-0.2, -0.15) is 0 Å². The minimum atomic E-state index is 0.858. The Kier molecular flexibility index (Phi) is 11.3. The maximum absolute atomic E-state index is 2.95. The Morgan fingerprint density at radius 1 is 0.960 bits per heavy atom. The lowest BCUT2D eigenvalue weighted by Gasteiger charge is -2.40. The summed E-state index contributed by atoms with van der Waals surface area (Å²) in [5.41, 5.74) is 0. The van der Waals surface area contributed by atoms with E-state index in [0.717, 1.165) is 47.3 Å². The quantitative estimate of drug-likeness (QED) is 0.380. The van der Waals surface area contributed by atoms with Crippen molar-refractivity contribution < 1.29 is 0 Å². The molecule has 9 unspecified atom stereocenters. The molecule has 0 N–H and O–H groups in total. The van der Waals surface area contributed by atoms with Gasteiger partial charge in [0.05, 0.1) is 0 Å². The number of hydrogen-bond acceptors (Lipinski definition) is 0. The fourth-order valence-corrected chi connectivity index (χ4v) is 6.06. The minimum absolute atomic E-state index is 0.858. The molecule has 0 nitrogen and oxygen atoms in total. The first kappa shape index (κ1) is 23.5. The van der Waals surface area contributed by atoms with Crippen LogP contribution in [0.4, 0.5) is 0 Å². The molecule has 0 saturated heterocycles. The molecule has 1 aliphatic rings. The number of hydrogen-bond donors (Lipinski definition) is 0. The average Bonchev–Trinajstić information content (AvgIpc) is 2.61. The molecule has 1 rings (SSSR count). The molecule has 25 heavy (non-hydrogen) atoms. The smallest absolute Gasteiger partial charge is 0.0352 e. The molecule has 0 radical (unpaired) electrons. The molecular formula is C24H49P. The first-order valence-corrected chi connectivity index (χ1v) is 12.3. The average molecular weight is 369 g/mol. The van der Waals surface area contributed by atoms with Crippen LogP contribution in [0.1, 0.15) is 99.8 Å². The summed E-state index contributed by atoms with van der Waals surface area (Å²) in [6, 6.07) is 0. The lowest BCUT2D eigenvalue weighted by Crippen LogP contribution is -2.32. The van der Waals surface area contributed by atoms with Gasteiger partial charge in [-0.25, -0.2) is 0 Å². The van der Waals surface area contributed by atoms with Gasteiger partial charge in [-0.3, -0.25) is 0 Å². The maximum Gasteiger partial charge on any atom is -0.0352 e. The van der Waals surface area contributed by atoms with E-state index < -0.39 is 0 Å². The van der Waals surface area contributed by atoms with Gasteiger partial charge >= 0.3 is 0 Å². The summed E-state index contributed by atoms with van der Waals surface area (Å²) in [4.78, 5) is 0. The lowest BCUT2D eigenvalue weighted by molar-refractivity contribution is 0.0964. The van der Waals surface area contributed by atoms with E-state index in [1.165, 1.54) is 57.5 Å². The first-order valence-electron chi connectivity index (χ1n) is 11.5. The van der Waals surface area contributed by atoms with Gasteiger partial charge in [-0.15, -0.1) is 9.24 Å². The second kappa shape index (κ2) is 12.0. The van der Waals surface area contributed by atoms with Gasteiger partial charge in [0, 0.05) is 0 Å². The molecule has 0 aromatic rings. The summed E-state index contributed by atoms with van der Waals surface area (Å²) in [6.07, 6.45) is 12.7. The maximum atomic E-state index is 2.95. The molecule has 1 heteroatoms. The van der Waals surface area contributed by atoms with E-state index in [-0.39, 0.29) is 0 Å². The van der Waals surface area contributed by atoms with Crippen LogP contribution in [0.15, 0.2) is 0 Å². The van der Waals surface area contributed by atoms with Gasteiger partial charge in [0.25, 0.3) is 0 Å². The minimum Gasteiger partial charge on any atom is -0.137 e. The summed E-state index contributed by atoms with van der Waals surface area (Å²) in [6.45, 7) is 17.5. The molecule has 150 valence electrons. The van der Waals surface area contributed by atoms with Crippen LogP contribution in [0.2, 0.25) is 0 Å². The van der Waals surface area contributed by atoms with E-state index in [2.05, 4.69) is 57.7 Å². The first-order chi connectivity index (χ1) is 11.8. The predicted octanol–water partition coefficient (Wildman–Crippen LogP) is 8.06. The fraction of sp³-hybridized carbons (Fsp3) is 1.00. The molecule has 1 fully saturated rings. The van der Waals surface area contributed by atoms with Crippen LogP contribution in [0, 0.1) is 47.3 Å². The standard InChI is InChI=1S/C24H49P/c1-8-10-22-14-17(3)11-12-20(6)21(7)23(9-2)24(22)15-18(4)13-19(5)16-25/h17-24H,8-16,25H2,1-7H3. The van der Waals surface area contributed by atoms with E-state index in [1.807, 2.05) is 0 Å². The van der Waals surface area contributed by atoms with Crippen molar-refractivity contribution in [2.75, 3.05) is 6.16 Å². The van der Waals surface area contributed by atoms with E-state index in [0.29, 0.717) is 0 Å². The van der Waals surface area contributed by atoms with E-state index >= 15 is 0 Å². The Morgan fingerprint density at radius 3 is 2.20 bits per heavy atom. The van der Waals surface area contributed by atoms with Crippen LogP contribution >= 0.6 is 9.24 Å². The number of rotatable bonds is 8. The van der Waals surface area contributed by atoms with Gasteiger partial charge in [0.2, 0.25) is 0 Å². The van der Waals surface area contributed by atoms with E-state index in [1.54, 1.807) is 0 Å². The molecule has 0 bridgehead atoms. The van der Waals surface area contributed by atoms with Crippen LogP contribution in [0.5, 0.6) is 0 Å². The summed E-state index contributed by atoms with van der Waals surface area (Å²) in [7, 11) is 2.95. The molecule has 1 saturated carbocycles. The molecule has 0 amide bonds. The van der Waals surface area contributed by atoms with Crippen LogP contribution in [0.25, 0.3) is 0 Å². The zero-order valence-electron chi connectivity index (χ0n) is 18.6. The highest BCUT2D eigenvalue weighted by Gasteiger charge is 2.36. The Morgan fingerprint density at radius 2 is 1.64 bits per heavy atom. The van der Waals surface area contributed by atoms with Crippen molar-refractivity contribution >= 4 is 9.24 Å². The van der Waals surface area contributed by atoms with Crippen molar-refractivity contribution in [1.29, 1.82) is 0 Å². The second-order valence-corrected chi connectivity index (χ2v) is 10.4. The molecule has 0 aromatic carbocycles. The molecule has 0 aliphatic heterocycles. The van der Waals surface area contributed by atoms with Crippen molar-refractivity contribution in [1.82, 2.24) is 0 Å². The SMILES string of the molecule is CCCC1CC(C)CCC(C)C(C)C(CC)C1CC(C)CC(C)CP. The molecule has 1 aliphatic carbocycles. The largest absolute Gasteiger partial charge is 0.137 e. The Labute approximate surface area is 162 Å². The van der Waals surface area contributed by atoms with Crippen molar-refractivity contribution in [2.45, 2.75) is 99.8 Å². The second-order valence-electron chi connectivity index (χ2n) is 9.96. The highest BCUT2D eigenvalue weighted by molar-refractivity contribution is 7.16. The van der Waals surface area contributed by atoms with Crippen LogP contribution < -0.4 is 0 Å². The van der Waals surface area contributed by atoms with Crippen LogP contribution in [-0.4, -0.2) is 6.16 Å². The Hall–Kier alpha value is 0.430. The normalized spacial score (nSPS) is 37.0. The molecule has 0 spiro atoms. The van der Waals surface area contributed by atoms with E-state index in [4.69, 9.17) is 0 Å². The van der Waals surface area contributed by atoms with Crippen molar-refractivity contribution in [3.8, 4) is 0 Å². The molecule has 9 atom stereocenters. The highest BCUT2D eigenvalue weighted by atomic mass is 31.0. The lowest BCUT2D eigenvalue weighted by atomic mass is 9.66. The van der Waals surface area contributed by atoms with Crippen LogP contribution in [0.3, 0.4) is 0 Å². The molecule has 0 aromatic heterocycles. The summed E-state index contributed by atoms with van der Waals surface area (Å²) < 4.78 is 0. The van der Waals surface area contributed by atoms with Crippen molar-refractivity contribution in [3.05, 3.63) is 0 Å².